The summed E-state index contributed by atoms with van der Waals surface area (Å²) in [6.45, 7) is 5.89. The molecule has 0 aliphatic rings. The minimum absolute atomic E-state index is 0.209. The van der Waals surface area contributed by atoms with Gasteiger partial charge >= 0.3 is 0 Å². The van der Waals surface area contributed by atoms with Crippen LogP contribution in [0.5, 0.6) is 0 Å². The van der Waals surface area contributed by atoms with E-state index in [2.05, 4.69) is 12.2 Å². The molecule has 3 nitrogen and oxygen atoms in total. The molecule has 0 aliphatic carbocycles. The summed E-state index contributed by atoms with van der Waals surface area (Å²) in [6.07, 6.45) is 11.1. The first-order chi connectivity index (χ1) is 9.20. The van der Waals surface area contributed by atoms with E-state index in [-0.39, 0.29) is 18.6 Å². The van der Waals surface area contributed by atoms with Gasteiger partial charge in [-0.05, 0) is 18.9 Å². The highest BCUT2D eigenvalue weighted by Crippen LogP contribution is 2.10. The zero-order chi connectivity index (χ0) is 14.3. The summed E-state index contributed by atoms with van der Waals surface area (Å²) in [5.41, 5.74) is 0. The van der Waals surface area contributed by atoms with Gasteiger partial charge in [0.2, 0.25) is 0 Å². The number of hydrogen-bond donors (Lipinski definition) is 3. The lowest BCUT2D eigenvalue weighted by atomic mass is 10.1. The van der Waals surface area contributed by atoms with Crippen molar-refractivity contribution in [2.75, 3.05) is 19.7 Å². The minimum atomic E-state index is -0.231. The van der Waals surface area contributed by atoms with Crippen LogP contribution in [0.3, 0.4) is 0 Å². The Morgan fingerprint density at radius 1 is 0.895 bits per heavy atom. The first-order valence-corrected chi connectivity index (χ1v) is 8.20. The molecule has 0 bridgehead atoms. The van der Waals surface area contributed by atoms with Gasteiger partial charge in [-0.2, -0.15) is 0 Å². The van der Waals surface area contributed by atoms with E-state index in [1.54, 1.807) is 0 Å². The monoisotopic (exact) mass is 273 g/mol. The van der Waals surface area contributed by atoms with E-state index in [1.807, 2.05) is 6.92 Å². The van der Waals surface area contributed by atoms with Crippen molar-refractivity contribution < 1.29 is 10.2 Å². The molecule has 0 rings (SSSR count). The number of aliphatic hydroxyl groups excluding tert-OH is 2. The number of aliphatic hydroxyl groups is 2. The maximum atomic E-state index is 9.78. The van der Waals surface area contributed by atoms with Crippen molar-refractivity contribution in [3.05, 3.63) is 0 Å². The molecule has 116 valence electrons. The average Bonchev–Trinajstić information content (AvgIpc) is 2.41. The zero-order valence-corrected chi connectivity index (χ0v) is 13.0. The first kappa shape index (κ1) is 18.9. The molecule has 2 unspecified atom stereocenters. The number of hydrogen-bond acceptors (Lipinski definition) is 3. The molecule has 3 N–H and O–H groups in total. The fourth-order valence-corrected chi connectivity index (χ4v) is 2.18. The Hall–Kier alpha value is -0.120. The zero-order valence-electron chi connectivity index (χ0n) is 13.0. The summed E-state index contributed by atoms with van der Waals surface area (Å²) >= 11 is 0. The molecule has 0 heterocycles. The lowest BCUT2D eigenvalue weighted by molar-refractivity contribution is 0.153. The van der Waals surface area contributed by atoms with E-state index in [0.29, 0.717) is 6.54 Å². The SMILES string of the molecule is CCCCCCCCCCC(O)CNCC(C)CO. The van der Waals surface area contributed by atoms with E-state index in [4.69, 9.17) is 5.11 Å². The van der Waals surface area contributed by atoms with Crippen LogP contribution in [-0.4, -0.2) is 36.0 Å². The van der Waals surface area contributed by atoms with Gasteiger partial charge in [-0.15, -0.1) is 0 Å². The summed E-state index contributed by atoms with van der Waals surface area (Å²) in [5, 5.41) is 21.9. The van der Waals surface area contributed by atoms with Crippen molar-refractivity contribution in [2.45, 2.75) is 77.7 Å². The molecule has 2 atom stereocenters. The van der Waals surface area contributed by atoms with E-state index < -0.39 is 0 Å². The molecular weight excluding hydrogens is 238 g/mol. The second-order valence-corrected chi connectivity index (χ2v) is 5.86. The van der Waals surface area contributed by atoms with Crippen LogP contribution in [0.15, 0.2) is 0 Å². The van der Waals surface area contributed by atoms with Crippen molar-refractivity contribution in [1.82, 2.24) is 5.32 Å². The minimum Gasteiger partial charge on any atom is -0.396 e. The number of nitrogens with one attached hydrogen (secondary N) is 1. The summed E-state index contributed by atoms with van der Waals surface area (Å²) in [6, 6.07) is 0. The molecule has 0 spiro atoms. The smallest absolute Gasteiger partial charge is 0.0664 e. The summed E-state index contributed by atoms with van der Waals surface area (Å²) in [7, 11) is 0. The van der Waals surface area contributed by atoms with E-state index in [0.717, 1.165) is 19.4 Å². The second kappa shape index (κ2) is 14.3. The third kappa shape index (κ3) is 14.1. The van der Waals surface area contributed by atoms with Gasteiger partial charge in [0.25, 0.3) is 0 Å². The Bertz CT molecular complexity index is 176. The highest BCUT2D eigenvalue weighted by molar-refractivity contribution is 4.62. The maximum absolute atomic E-state index is 9.78. The van der Waals surface area contributed by atoms with Gasteiger partial charge in [0.15, 0.2) is 0 Å². The molecule has 0 saturated carbocycles. The van der Waals surface area contributed by atoms with E-state index in [1.165, 1.54) is 44.9 Å². The van der Waals surface area contributed by atoms with E-state index in [9.17, 15) is 5.11 Å². The van der Waals surface area contributed by atoms with Crippen LogP contribution in [0.1, 0.15) is 71.6 Å². The standard InChI is InChI=1S/C16H35NO2/c1-3-4-5-6-7-8-9-10-11-16(19)13-17-12-15(2)14-18/h15-19H,3-14H2,1-2H3. The average molecular weight is 273 g/mol. The van der Waals surface area contributed by atoms with Gasteiger partial charge in [-0.25, -0.2) is 0 Å². The lowest BCUT2D eigenvalue weighted by Gasteiger charge is -2.14. The van der Waals surface area contributed by atoms with Gasteiger partial charge in [0, 0.05) is 13.2 Å². The Kier molecular flexibility index (Phi) is 14.2. The molecule has 0 radical (unpaired) electrons. The van der Waals surface area contributed by atoms with Gasteiger partial charge in [0.1, 0.15) is 0 Å². The summed E-state index contributed by atoms with van der Waals surface area (Å²) in [5.74, 6) is 0.273. The fraction of sp³-hybridized carbons (Fsp3) is 1.00. The van der Waals surface area contributed by atoms with Gasteiger partial charge in [-0.3, -0.25) is 0 Å². The van der Waals surface area contributed by atoms with Crippen LogP contribution in [0.4, 0.5) is 0 Å². The van der Waals surface area contributed by atoms with Crippen molar-refractivity contribution in [2.24, 2.45) is 5.92 Å². The van der Waals surface area contributed by atoms with Crippen molar-refractivity contribution in [1.29, 1.82) is 0 Å². The van der Waals surface area contributed by atoms with Crippen LogP contribution >= 0.6 is 0 Å². The highest BCUT2D eigenvalue weighted by atomic mass is 16.3. The molecule has 0 amide bonds. The molecule has 19 heavy (non-hydrogen) atoms. The molecule has 0 aromatic heterocycles. The van der Waals surface area contributed by atoms with Gasteiger partial charge in [-0.1, -0.05) is 65.2 Å². The molecule has 0 aliphatic heterocycles. The maximum Gasteiger partial charge on any atom is 0.0664 e. The Balaban J connectivity index is 3.18. The summed E-state index contributed by atoms with van der Waals surface area (Å²) in [4.78, 5) is 0. The van der Waals surface area contributed by atoms with Crippen molar-refractivity contribution in [3.63, 3.8) is 0 Å². The van der Waals surface area contributed by atoms with Crippen molar-refractivity contribution in [3.8, 4) is 0 Å². The predicted octanol–water partition coefficient (Wildman–Crippen LogP) is 3.10. The van der Waals surface area contributed by atoms with Crippen LogP contribution in [0, 0.1) is 5.92 Å². The first-order valence-electron chi connectivity index (χ1n) is 8.20. The molecule has 3 heteroatoms. The third-order valence-corrected chi connectivity index (χ3v) is 3.58. The molecular formula is C16H35NO2. The van der Waals surface area contributed by atoms with Crippen LogP contribution in [0.25, 0.3) is 0 Å². The molecule has 0 fully saturated rings. The number of rotatable bonds is 14. The quantitative estimate of drug-likeness (QED) is 0.426. The largest absolute Gasteiger partial charge is 0.396 e. The Morgan fingerprint density at radius 2 is 1.47 bits per heavy atom. The third-order valence-electron chi connectivity index (χ3n) is 3.58. The van der Waals surface area contributed by atoms with Crippen LogP contribution < -0.4 is 5.32 Å². The molecule has 0 saturated heterocycles. The van der Waals surface area contributed by atoms with Crippen molar-refractivity contribution >= 4 is 0 Å². The van der Waals surface area contributed by atoms with Crippen LogP contribution in [0.2, 0.25) is 0 Å². The summed E-state index contributed by atoms with van der Waals surface area (Å²) < 4.78 is 0. The Labute approximate surface area is 119 Å². The predicted molar refractivity (Wildman–Crippen MR) is 82.4 cm³/mol. The fourth-order valence-electron chi connectivity index (χ4n) is 2.18. The lowest BCUT2D eigenvalue weighted by Crippen LogP contribution is -2.31. The van der Waals surface area contributed by atoms with Gasteiger partial charge < -0.3 is 15.5 Å². The normalized spacial score (nSPS) is 14.5. The highest BCUT2D eigenvalue weighted by Gasteiger charge is 2.05. The topological polar surface area (TPSA) is 52.5 Å². The number of unbranched alkanes of at least 4 members (excludes halogenated alkanes) is 7. The molecule has 0 aromatic rings. The Morgan fingerprint density at radius 3 is 2.05 bits per heavy atom. The van der Waals surface area contributed by atoms with E-state index >= 15 is 0 Å². The van der Waals surface area contributed by atoms with Gasteiger partial charge in [0.05, 0.1) is 6.10 Å². The molecule has 0 aromatic carbocycles. The second-order valence-electron chi connectivity index (χ2n) is 5.86. The van der Waals surface area contributed by atoms with Crippen LogP contribution in [-0.2, 0) is 0 Å².